The molecule has 0 saturated carbocycles. The molecule has 1 fully saturated rings. The van der Waals surface area contributed by atoms with Crippen LogP contribution in [0.5, 0.6) is 5.75 Å². The molecule has 234 valence electrons. The lowest BCUT2D eigenvalue weighted by atomic mass is 10.0. The van der Waals surface area contributed by atoms with Gasteiger partial charge in [-0.25, -0.2) is 18.9 Å². The molecular weight excluding hydrogens is 608 g/mol. The number of carbonyl (C=O) groups excluding carboxylic acids is 1. The second kappa shape index (κ2) is 14.0. The van der Waals surface area contributed by atoms with E-state index in [4.69, 9.17) is 0 Å². The Labute approximate surface area is 261 Å². The molecule has 3 aromatic carbocycles. The van der Waals surface area contributed by atoms with Crippen LogP contribution >= 0.6 is 11.8 Å². The molecule has 1 aliphatic rings. The number of hydrogen-bond acceptors (Lipinski definition) is 5. The number of urea groups is 1. The van der Waals surface area contributed by atoms with Crippen LogP contribution in [0.25, 0.3) is 22.9 Å². The van der Waals surface area contributed by atoms with E-state index in [1.165, 1.54) is 64.7 Å². The van der Waals surface area contributed by atoms with Gasteiger partial charge in [-0.1, -0.05) is 61.5 Å². The third kappa shape index (κ3) is 8.29. The predicted molar refractivity (Wildman–Crippen MR) is 168 cm³/mol. The number of hydrogen-bond donors (Lipinski definition) is 1. The van der Waals surface area contributed by atoms with E-state index in [1.807, 2.05) is 6.92 Å². The fourth-order valence-corrected chi connectivity index (χ4v) is 5.66. The van der Waals surface area contributed by atoms with Gasteiger partial charge in [0.15, 0.2) is 11.0 Å². The van der Waals surface area contributed by atoms with Gasteiger partial charge in [0.25, 0.3) is 0 Å². The molecule has 2 amide bonds. The van der Waals surface area contributed by atoms with Crippen molar-refractivity contribution < 1.29 is 27.1 Å². The van der Waals surface area contributed by atoms with E-state index < -0.39 is 18.2 Å². The number of nitrogens with zero attached hydrogens (tertiary/aromatic N) is 5. The zero-order valence-electron chi connectivity index (χ0n) is 24.5. The Morgan fingerprint density at radius 3 is 2.58 bits per heavy atom. The van der Waals surface area contributed by atoms with Gasteiger partial charge in [-0.3, -0.25) is 0 Å². The minimum absolute atomic E-state index is 0.226. The van der Waals surface area contributed by atoms with Crippen LogP contribution in [0.2, 0.25) is 0 Å². The Hall–Kier alpha value is -4.65. The summed E-state index contributed by atoms with van der Waals surface area (Å²) in [4.78, 5) is 23.3. The van der Waals surface area contributed by atoms with E-state index in [1.54, 1.807) is 12.1 Å². The zero-order valence-corrected chi connectivity index (χ0v) is 25.3. The van der Waals surface area contributed by atoms with E-state index in [-0.39, 0.29) is 11.3 Å². The maximum atomic E-state index is 15.0. The first-order valence-corrected chi connectivity index (χ1v) is 15.2. The van der Waals surface area contributed by atoms with E-state index >= 15 is 0 Å². The Balaban J connectivity index is 1.24. The Bertz CT molecular complexity index is 1700. The predicted octanol–water partition coefficient (Wildman–Crippen LogP) is 8.07. The number of rotatable bonds is 8. The monoisotopic (exact) mass is 638 g/mol. The molecule has 0 atom stereocenters. The van der Waals surface area contributed by atoms with Crippen LogP contribution in [0.4, 0.5) is 28.0 Å². The number of nitrogens with one attached hydrogen (secondary N) is 1. The molecule has 1 aliphatic heterocycles. The molecule has 8 nitrogen and oxygen atoms in total. The summed E-state index contributed by atoms with van der Waals surface area (Å²) in [7, 11) is 0. The molecule has 0 radical (unpaired) electrons. The molecule has 5 rings (SSSR count). The van der Waals surface area contributed by atoms with Crippen molar-refractivity contribution in [3.63, 3.8) is 0 Å². The summed E-state index contributed by atoms with van der Waals surface area (Å²) < 4.78 is 57.5. The molecule has 45 heavy (non-hydrogen) atoms. The van der Waals surface area contributed by atoms with E-state index in [0.29, 0.717) is 22.2 Å². The molecule has 4 aromatic rings. The second-order valence-electron chi connectivity index (χ2n) is 10.2. The first kappa shape index (κ1) is 31.8. The lowest BCUT2D eigenvalue weighted by molar-refractivity contribution is -0.274. The molecule has 0 spiro atoms. The van der Waals surface area contributed by atoms with Crippen molar-refractivity contribution in [2.45, 2.75) is 39.5 Å². The van der Waals surface area contributed by atoms with Crippen LogP contribution in [0.3, 0.4) is 0 Å². The molecule has 2 heterocycles. The summed E-state index contributed by atoms with van der Waals surface area (Å²) in [6, 6.07) is 17.1. The van der Waals surface area contributed by atoms with Crippen molar-refractivity contribution in [2.24, 2.45) is 4.99 Å². The zero-order chi connectivity index (χ0) is 32.0. The largest absolute Gasteiger partial charge is 0.573 e. The minimum atomic E-state index is -4.78. The third-order valence-corrected chi connectivity index (χ3v) is 7.87. The van der Waals surface area contributed by atoms with Crippen LogP contribution < -0.4 is 15.0 Å². The summed E-state index contributed by atoms with van der Waals surface area (Å²) >= 11 is 1.50. The quantitative estimate of drug-likeness (QED) is 0.197. The average molecular weight is 639 g/mol. The van der Waals surface area contributed by atoms with Crippen LogP contribution in [0, 0.1) is 6.92 Å². The summed E-state index contributed by atoms with van der Waals surface area (Å²) in [5.41, 5.74) is 4.66. The Morgan fingerprint density at radius 2 is 1.87 bits per heavy atom. The standard InChI is InChI=1S/C32H30F4N6O2S/c1-3-5-23-7-6-21(2)18-28(23)41-16-4-17-45-31(41)39-30(43)37-19-27(33)22-8-10-24(11-9-22)29-38-20-42(40-29)25-12-14-26(15-13-25)44-32(34,35)36/h6-15,18-20H,3-5,16-17H2,1-2H3,(H,37,43)/b27-19-,39-31?. The van der Waals surface area contributed by atoms with Gasteiger partial charge in [-0.15, -0.1) is 18.3 Å². The second-order valence-corrected chi connectivity index (χ2v) is 11.3. The number of thioether (sulfide) groups is 1. The van der Waals surface area contributed by atoms with Crippen LogP contribution in [0.15, 0.2) is 84.2 Å². The molecule has 1 saturated heterocycles. The highest BCUT2D eigenvalue weighted by Gasteiger charge is 2.31. The number of benzene rings is 3. The Kier molecular flexibility index (Phi) is 9.87. The summed E-state index contributed by atoms with van der Waals surface area (Å²) in [6.45, 7) is 4.90. The van der Waals surface area contributed by atoms with Gasteiger partial charge in [0.2, 0.25) is 0 Å². The average Bonchev–Trinajstić information content (AvgIpc) is 3.51. The van der Waals surface area contributed by atoms with Gasteiger partial charge in [0.1, 0.15) is 17.9 Å². The highest BCUT2D eigenvalue weighted by Crippen LogP contribution is 2.30. The summed E-state index contributed by atoms with van der Waals surface area (Å²) in [5, 5.41) is 7.36. The number of carbonyl (C=O) groups is 1. The Morgan fingerprint density at radius 1 is 1.11 bits per heavy atom. The van der Waals surface area contributed by atoms with Gasteiger partial charge >= 0.3 is 12.4 Å². The van der Waals surface area contributed by atoms with Gasteiger partial charge < -0.3 is 15.0 Å². The molecule has 0 aliphatic carbocycles. The molecule has 13 heteroatoms. The van der Waals surface area contributed by atoms with Crippen molar-refractivity contribution in [3.05, 3.63) is 95.9 Å². The number of aliphatic imine (C=N–C) groups is 1. The van der Waals surface area contributed by atoms with Crippen molar-refractivity contribution in [1.82, 2.24) is 20.1 Å². The third-order valence-electron chi connectivity index (χ3n) is 6.80. The number of anilines is 1. The fourth-order valence-electron chi connectivity index (χ4n) is 4.71. The van der Waals surface area contributed by atoms with Crippen LogP contribution in [-0.4, -0.2) is 44.6 Å². The van der Waals surface area contributed by atoms with Crippen molar-refractivity contribution in [2.75, 3.05) is 17.2 Å². The summed E-state index contributed by atoms with van der Waals surface area (Å²) in [5.74, 6) is 0.159. The van der Waals surface area contributed by atoms with Crippen molar-refractivity contribution in [1.29, 1.82) is 0 Å². The van der Waals surface area contributed by atoms with Crippen LogP contribution in [0.1, 0.15) is 36.5 Å². The number of amidine groups is 1. The lowest BCUT2D eigenvalue weighted by Crippen LogP contribution is -2.36. The highest BCUT2D eigenvalue weighted by atomic mass is 32.2. The number of ether oxygens (including phenoxy) is 1. The van der Waals surface area contributed by atoms with Crippen molar-refractivity contribution in [3.8, 4) is 22.8 Å². The van der Waals surface area contributed by atoms with Crippen LogP contribution in [-0.2, 0) is 6.42 Å². The number of alkyl halides is 3. The minimum Gasteiger partial charge on any atom is -0.406 e. The number of halogens is 4. The first-order chi connectivity index (χ1) is 21.6. The van der Waals surface area contributed by atoms with Crippen molar-refractivity contribution >= 4 is 34.5 Å². The van der Waals surface area contributed by atoms with E-state index in [2.05, 4.69) is 55.2 Å². The van der Waals surface area contributed by atoms with E-state index in [9.17, 15) is 22.4 Å². The number of aryl methyl sites for hydroxylation is 2. The van der Waals surface area contributed by atoms with E-state index in [0.717, 1.165) is 49.0 Å². The van der Waals surface area contributed by atoms with Gasteiger partial charge in [-0.05, 0) is 61.2 Å². The molecule has 1 N–H and O–H groups in total. The molecule has 1 aromatic heterocycles. The summed E-state index contributed by atoms with van der Waals surface area (Å²) in [6.07, 6.45) is 0.483. The van der Waals surface area contributed by atoms with Gasteiger partial charge in [0.05, 0.1) is 5.69 Å². The van der Waals surface area contributed by atoms with Gasteiger partial charge in [0, 0.05) is 35.3 Å². The molecule has 0 bridgehead atoms. The normalized spacial score (nSPS) is 14.9. The highest BCUT2D eigenvalue weighted by molar-refractivity contribution is 8.14. The molecule has 0 unspecified atom stereocenters. The maximum absolute atomic E-state index is 15.0. The topological polar surface area (TPSA) is 84.6 Å². The first-order valence-electron chi connectivity index (χ1n) is 14.2. The van der Waals surface area contributed by atoms with Gasteiger partial charge in [-0.2, -0.15) is 4.99 Å². The molecular formula is C32H30F4N6O2S. The number of aromatic nitrogens is 3. The SMILES string of the molecule is CCCc1ccc(C)cc1N1CCCSC1=NC(=O)N/C=C(\F)c1ccc(-c2ncn(-c3ccc(OC(F)(F)F)cc3)n2)cc1. The smallest absolute Gasteiger partial charge is 0.406 e. The fraction of sp³-hybridized carbons (Fsp3) is 0.250. The maximum Gasteiger partial charge on any atom is 0.573 e. The lowest BCUT2D eigenvalue weighted by Gasteiger charge is -2.31. The number of amides is 2.